The second-order valence-corrected chi connectivity index (χ2v) is 6.96. The molecule has 0 aliphatic heterocycles. The average molecular weight is 271 g/mol. The molecule has 1 aromatic carbocycles. The molecule has 3 rings (SSSR count). The Morgan fingerprint density at radius 1 is 0.950 bits per heavy atom. The molecule has 0 saturated heterocycles. The van der Waals surface area contributed by atoms with Gasteiger partial charge in [-0.25, -0.2) is 0 Å². The van der Waals surface area contributed by atoms with Crippen molar-refractivity contribution >= 4 is 0 Å². The van der Waals surface area contributed by atoms with E-state index in [9.17, 15) is 0 Å². The second-order valence-electron chi connectivity index (χ2n) is 6.96. The first-order valence-corrected chi connectivity index (χ1v) is 8.62. The zero-order valence-corrected chi connectivity index (χ0v) is 13.1. The van der Waals surface area contributed by atoms with Crippen LogP contribution in [0, 0.1) is 5.92 Å². The van der Waals surface area contributed by atoms with Crippen molar-refractivity contribution in [3.63, 3.8) is 0 Å². The maximum Gasteiger partial charge on any atom is 0.0294 e. The molecule has 1 nitrogen and oxygen atoms in total. The third-order valence-corrected chi connectivity index (χ3v) is 5.49. The average Bonchev–Trinajstić information content (AvgIpc) is 3.01. The van der Waals surface area contributed by atoms with Crippen molar-refractivity contribution in [2.75, 3.05) is 0 Å². The van der Waals surface area contributed by atoms with Crippen LogP contribution in [0.4, 0.5) is 0 Å². The molecule has 1 aromatic rings. The zero-order chi connectivity index (χ0) is 13.9. The summed E-state index contributed by atoms with van der Waals surface area (Å²) in [5.74, 6) is 0.898. The SMILES string of the molecule is CC(NC(C)C1CCCC1)c1ccc2c(c1)CCCC2. The molecular formula is C19H29N. The number of benzene rings is 1. The third kappa shape index (κ3) is 3.09. The van der Waals surface area contributed by atoms with Crippen LogP contribution in [-0.4, -0.2) is 6.04 Å². The lowest BCUT2D eigenvalue weighted by molar-refractivity contribution is 0.352. The van der Waals surface area contributed by atoms with E-state index in [4.69, 9.17) is 0 Å². The van der Waals surface area contributed by atoms with Crippen LogP contribution >= 0.6 is 0 Å². The van der Waals surface area contributed by atoms with Crippen LogP contribution < -0.4 is 5.32 Å². The fraction of sp³-hybridized carbons (Fsp3) is 0.684. The molecule has 0 aromatic heterocycles. The van der Waals surface area contributed by atoms with Gasteiger partial charge in [-0.2, -0.15) is 0 Å². The van der Waals surface area contributed by atoms with Crippen LogP contribution in [0.2, 0.25) is 0 Å². The molecule has 20 heavy (non-hydrogen) atoms. The van der Waals surface area contributed by atoms with Crippen molar-refractivity contribution in [2.45, 2.75) is 77.3 Å². The summed E-state index contributed by atoms with van der Waals surface area (Å²) in [5, 5.41) is 3.84. The van der Waals surface area contributed by atoms with Gasteiger partial charge in [-0.15, -0.1) is 0 Å². The first-order valence-electron chi connectivity index (χ1n) is 8.62. The molecule has 0 spiro atoms. The lowest BCUT2D eigenvalue weighted by atomic mass is 9.89. The van der Waals surface area contributed by atoms with Gasteiger partial charge >= 0.3 is 0 Å². The highest BCUT2D eigenvalue weighted by Gasteiger charge is 2.23. The molecular weight excluding hydrogens is 242 g/mol. The van der Waals surface area contributed by atoms with E-state index >= 15 is 0 Å². The van der Waals surface area contributed by atoms with Crippen molar-refractivity contribution in [3.8, 4) is 0 Å². The van der Waals surface area contributed by atoms with Crippen molar-refractivity contribution in [3.05, 3.63) is 34.9 Å². The maximum absolute atomic E-state index is 3.84. The van der Waals surface area contributed by atoms with Gasteiger partial charge in [0.25, 0.3) is 0 Å². The Hall–Kier alpha value is -0.820. The highest BCUT2D eigenvalue weighted by molar-refractivity contribution is 5.35. The van der Waals surface area contributed by atoms with E-state index in [1.165, 1.54) is 56.9 Å². The minimum absolute atomic E-state index is 0.484. The van der Waals surface area contributed by atoms with Gasteiger partial charge in [0, 0.05) is 12.1 Å². The first-order chi connectivity index (χ1) is 9.74. The summed E-state index contributed by atoms with van der Waals surface area (Å²) in [7, 11) is 0. The van der Waals surface area contributed by atoms with Gasteiger partial charge in [-0.3, -0.25) is 0 Å². The molecule has 0 heterocycles. The number of fused-ring (bicyclic) bond motifs is 1. The molecule has 0 radical (unpaired) electrons. The topological polar surface area (TPSA) is 12.0 Å². The maximum atomic E-state index is 3.84. The van der Waals surface area contributed by atoms with Crippen LogP contribution in [0.1, 0.15) is 75.1 Å². The molecule has 2 aliphatic rings. The number of nitrogens with one attached hydrogen (secondary N) is 1. The number of rotatable bonds is 4. The monoisotopic (exact) mass is 271 g/mol. The molecule has 0 bridgehead atoms. The minimum atomic E-state index is 0.484. The van der Waals surface area contributed by atoms with Gasteiger partial charge in [0.05, 0.1) is 0 Å². The molecule has 2 aliphatic carbocycles. The normalized spacial score (nSPS) is 22.5. The number of aryl methyl sites for hydroxylation is 2. The Balaban J connectivity index is 1.65. The van der Waals surface area contributed by atoms with Crippen LogP contribution in [0.3, 0.4) is 0 Å². The lowest BCUT2D eigenvalue weighted by Gasteiger charge is -2.26. The van der Waals surface area contributed by atoms with Crippen LogP contribution in [0.15, 0.2) is 18.2 Å². The molecule has 1 heteroatoms. The van der Waals surface area contributed by atoms with Crippen molar-refractivity contribution in [1.82, 2.24) is 5.32 Å². The zero-order valence-electron chi connectivity index (χ0n) is 13.1. The van der Waals surface area contributed by atoms with E-state index < -0.39 is 0 Å². The summed E-state index contributed by atoms with van der Waals surface area (Å²) in [6.45, 7) is 4.71. The highest BCUT2D eigenvalue weighted by atomic mass is 14.9. The van der Waals surface area contributed by atoms with E-state index in [-0.39, 0.29) is 0 Å². The summed E-state index contributed by atoms with van der Waals surface area (Å²) in [6.07, 6.45) is 11.0. The summed E-state index contributed by atoms with van der Waals surface area (Å²) in [5.41, 5.74) is 4.68. The standard InChI is InChI=1S/C19H29N/c1-14(16-7-3-4-8-16)20-15(2)18-12-11-17-9-5-6-10-19(17)13-18/h11-16,20H,3-10H2,1-2H3. The van der Waals surface area contributed by atoms with Gasteiger partial charge in [-0.05, 0) is 75.0 Å². The lowest BCUT2D eigenvalue weighted by Crippen LogP contribution is -2.34. The van der Waals surface area contributed by atoms with E-state index in [2.05, 4.69) is 37.4 Å². The minimum Gasteiger partial charge on any atom is -0.307 e. The molecule has 1 N–H and O–H groups in total. The van der Waals surface area contributed by atoms with Crippen molar-refractivity contribution in [1.29, 1.82) is 0 Å². The van der Waals surface area contributed by atoms with Gasteiger partial charge in [0.15, 0.2) is 0 Å². The quantitative estimate of drug-likeness (QED) is 0.830. The number of hydrogen-bond donors (Lipinski definition) is 1. The van der Waals surface area contributed by atoms with Gasteiger partial charge in [0.1, 0.15) is 0 Å². The molecule has 110 valence electrons. The second kappa shape index (κ2) is 6.30. The highest BCUT2D eigenvalue weighted by Crippen LogP contribution is 2.29. The van der Waals surface area contributed by atoms with Crippen molar-refractivity contribution in [2.24, 2.45) is 5.92 Å². The fourth-order valence-electron chi connectivity index (χ4n) is 4.11. The predicted molar refractivity (Wildman–Crippen MR) is 86.1 cm³/mol. The summed E-state index contributed by atoms with van der Waals surface area (Å²) in [4.78, 5) is 0. The van der Waals surface area contributed by atoms with E-state index in [1.807, 2.05) is 0 Å². The summed E-state index contributed by atoms with van der Waals surface area (Å²) < 4.78 is 0. The van der Waals surface area contributed by atoms with Gasteiger partial charge in [0.2, 0.25) is 0 Å². The molecule has 2 unspecified atom stereocenters. The molecule has 2 atom stereocenters. The Morgan fingerprint density at radius 3 is 2.40 bits per heavy atom. The van der Waals surface area contributed by atoms with Gasteiger partial charge in [-0.1, -0.05) is 31.0 Å². The van der Waals surface area contributed by atoms with Crippen LogP contribution in [-0.2, 0) is 12.8 Å². The number of hydrogen-bond acceptors (Lipinski definition) is 1. The molecule has 0 amide bonds. The molecule has 1 saturated carbocycles. The fourth-order valence-corrected chi connectivity index (χ4v) is 4.11. The largest absolute Gasteiger partial charge is 0.307 e. The predicted octanol–water partition coefficient (Wildman–Crippen LogP) is 4.79. The third-order valence-electron chi connectivity index (χ3n) is 5.49. The van der Waals surface area contributed by atoms with E-state index in [0.29, 0.717) is 12.1 Å². The Labute approximate surface area is 124 Å². The van der Waals surface area contributed by atoms with Crippen LogP contribution in [0.5, 0.6) is 0 Å². The summed E-state index contributed by atoms with van der Waals surface area (Å²) in [6, 6.07) is 8.33. The Kier molecular flexibility index (Phi) is 4.45. The van der Waals surface area contributed by atoms with Crippen molar-refractivity contribution < 1.29 is 0 Å². The Morgan fingerprint density at radius 2 is 1.65 bits per heavy atom. The first kappa shape index (κ1) is 14.1. The van der Waals surface area contributed by atoms with E-state index in [1.54, 1.807) is 11.1 Å². The Bertz CT molecular complexity index is 445. The smallest absolute Gasteiger partial charge is 0.0294 e. The van der Waals surface area contributed by atoms with E-state index in [0.717, 1.165) is 5.92 Å². The summed E-state index contributed by atoms with van der Waals surface area (Å²) >= 11 is 0. The van der Waals surface area contributed by atoms with Gasteiger partial charge < -0.3 is 5.32 Å². The molecule has 1 fully saturated rings. The van der Waals surface area contributed by atoms with Crippen LogP contribution in [0.25, 0.3) is 0 Å².